The fourth-order valence-electron chi connectivity index (χ4n) is 2.77. The fraction of sp³-hybridized carbons (Fsp3) is 0.143. The SMILES string of the molecule is CCOc1ccc2nc(NC(=O)COC(=O)c3ccc(-c4ncc[nH]4)cc3)sc2c1. The smallest absolute Gasteiger partial charge is 0.338 e. The molecule has 0 spiro atoms. The second kappa shape index (κ2) is 8.75. The fourth-order valence-corrected chi connectivity index (χ4v) is 3.68. The van der Waals surface area contributed by atoms with Crippen LogP contribution in [0.1, 0.15) is 17.3 Å². The number of benzene rings is 2. The number of aromatic nitrogens is 3. The van der Waals surface area contributed by atoms with Crippen molar-refractivity contribution >= 4 is 38.6 Å². The molecule has 0 aliphatic carbocycles. The van der Waals surface area contributed by atoms with Crippen LogP contribution in [0.5, 0.6) is 5.75 Å². The van der Waals surface area contributed by atoms with Gasteiger partial charge in [-0.05, 0) is 37.3 Å². The van der Waals surface area contributed by atoms with E-state index in [1.807, 2.05) is 25.1 Å². The summed E-state index contributed by atoms with van der Waals surface area (Å²) in [5, 5.41) is 3.09. The Bertz CT molecular complexity index is 1170. The lowest BCUT2D eigenvalue weighted by atomic mass is 10.1. The average Bonchev–Trinajstić information content (AvgIpc) is 3.42. The molecule has 1 amide bonds. The highest BCUT2D eigenvalue weighted by molar-refractivity contribution is 7.22. The number of imidazole rings is 1. The molecule has 0 unspecified atom stereocenters. The van der Waals surface area contributed by atoms with Crippen LogP contribution >= 0.6 is 11.3 Å². The molecule has 0 aliphatic rings. The zero-order valence-electron chi connectivity index (χ0n) is 16.0. The maximum Gasteiger partial charge on any atom is 0.338 e. The van der Waals surface area contributed by atoms with Crippen molar-refractivity contribution in [3.8, 4) is 17.1 Å². The number of hydrogen-bond donors (Lipinski definition) is 2. The van der Waals surface area contributed by atoms with E-state index in [4.69, 9.17) is 9.47 Å². The summed E-state index contributed by atoms with van der Waals surface area (Å²) >= 11 is 1.32. The molecule has 30 heavy (non-hydrogen) atoms. The van der Waals surface area contributed by atoms with Crippen molar-refractivity contribution in [2.24, 2.45) is 0 Å². The molecule has 0 radical (unpaired) electrons. The highest BCUT2D eigenvalue weighted by Crippen LogP contribution is 2.29. The third-order valence-electron chi connectivity index (χ3n) is 4.14. The first-order chi connectivity index (χ1) is 14.6. The minimum absolute atomic E-state index is 0.349. The van der Waals surface area contributed by atoms with Crippen LogP contribution in [0.15, 0.2) is 54.9 Å². The normalized spacial score (nSPS) is 10.7. The molecule has 2 aromatic carbocycles. The topological polar surface area (TPSA) is 106 Å². The minimum atomic E-state index is -0.582. The first-order valence-electron chi connectivity index (χ1n) is 9.22. The Kier molecular flexibility index (Phi) is 5.71. The molecule has 0 saturated heterocycles. The monoisotopic (exact) mass is 422 g/mol. The van der Waals surface area contributed by atoms with E-state index in [9.17, 15) is 9.59 Å². The second-order valence-electron chi connectivity index (χ2n) is 6.22. The third-order valence-corrected chi connectivity index (χ3v) is 5.08. The maximum absolute atomic E-state index is 12.2. The molecular formula is C21H18N4O4S. The highest BCUT2D eigenvalue weighted by Gasteiger charge is 2.13. The molecule has 0 atom stereocenters. The summed E-state index contributed by atoms with van der Waals surface area (Å²) in [5.41, 5.74) is 1.95. The van der Waals surface area contributed by atoms with Gasteiger partial charge in [0.1, 0.15) is 11.6 Å². The number of anilines is 1. The van der Waals surface area contributed by atoms with Gasteiger partial charge in [0, 0.05) is 18.0 Å². The predicted molar refractivity (Wildman–Crippen MR) is 114 cm³/mol. The molecule has 8 nitrogen and oxygen atoms in total. The van der Waals surface area contributed by atoms with Crippen LogP contribution in [-0.2, 0) is 9.53 Å². The largest absolute Gasteiger partial charge is 0.494 e. The molecule has 9 heteroatoms. The summed E-state index contributed by atoms with van der Waals surface area (Å²) in [5.74, 6) is 0.415. The maximum atomic E-state index is 12.2. The minimum Gasteiger partial charge on any atom is -0.494 e. The molecule has 2 heterocycles. The average molecular weight is 422 g/mol. The number of esters is 1. The lowest BCUT2D eigenvalue weighted by Crippen LogP contribution is -2.20. The molecule has 0 fully saturated rings. The zero-order valence-corrected chi connectivity index (χ0v) is 16.9. The number of ether oxygens (including phenoxy) is 2. The number of H-pyrrole nitrogens is 1. The van der Waals surface area contributed by atoms with Crippen LogP contribution in [0.2, 0.25) is 0 Å². The molecule has 0 aliphatic heterocycles. The van der Waals surface area contributed by atoms with E-state index in [1.165, 1.54) is 11.3 Å². The lowest BCUT2D eigenvalue weighted by Gasteiger charge is -2.05. The van der Waals surface area contributed by atoms with Gasteiger partial charge in [-0.2, -0.15) is 0 Å². The molecule has 0 saturated carbocycles. The van der Waals surface area contributed by atoms with Crippen LogP contribution < -0.4 is 10.1 Å². The Morgan fingerprint density at radius 3 is 2.73 bits per heavy atom. The Balaban J connectivity index is 1.33. The quantitative estimate of drug-likeness (QED) is 0.438. The summed E-state index contributed by atoms with van der Waals surface area (Å²) in [6.07, 6.45) is 3.37. The van der Waals surface area contributed by atoms with Crippen LogP contribution in [-0.4, -0.2) is 40.0 Å². The van der Waals surface area contributed by atoms with Crippen LogP contribution in [0.25, 0.3) is 21.6 Å². The van der Waals surface area contributed by atoms with Crippen molar-refractivity contribution in [2.75, 3.05) is 18.5 Å². The Hall–Kier alpha value is -3.72. The molecular weight excluding hydrogens is 404 g/mol. The van der Waals surface area contributed by atoms with Crippen molar-refractivity contribution in [2.45, 2.75) is 6.92 Å². The van der Waals surface area contributed by atoms with E-state index in [2.05, 4.69) is 20.3 Å². The first kappa shape index (κ1) is 19.6. The standard InChI is InChI=1S/C21H18N4O4S/c1-2-28-15-7-8-16-17(11-15)30-21(24-16)25-18(26)12-29-20(27)14-5-3-13(4-6-14)19-22-9-10-23-19/h3-11H,2,12H2,1H3,(H,22,23)(H,24,25,26). The van der Waals surface area contributed by atoms with E-state index in [1.54, 1.807) is 36.7 Å². The molecule has 2 aromatic heterocycles. The van der Waals surface area contributed by atoms with E-state index < -0.39 is 18.5 Å². The third kappa shape index (κ3) is 4.47. The number of nitrogens with zero attached hydrogens (tertiary/aromatic N) is 2. The summed E-state index contributed by atoms with van der Waals surface area (Å²) in [6.45, 7) is 2.08. The molecule has 152 valence electrons. The first-order valence-corrected chi connectivity index (χ1v) is 10.0. The highest BCUT2D eigenvalue weighted by atomic mass is 32.1. The number of aromatic amines is 1. The van der Waals surface area contributed by atoms with E-state index in [0.29, 0.717) is 23.1 Å². The van der Waals surface area contributed by atoms with E-state index >= 15 is 0 Å². The number of rotatable bonds is 7. The van der Waals surface area contributed by atoms with Gasteiger partial charge >= 0.3 is 5.97 Å². The van der Waals surface area contributed by atoms with Crippen LogP contribution in [0, 0.1) is 0 Å². The molecule has 2 N–H and O–H groups in total. The summed E-state index contributed by atoms with van der Waals surface area (Å²) in [6, 6.07) is 12.3. The molecule has 0 bridgehead atoms. The number of hydrogen-bond acceptors (Lipinski definition) is 7. The second-order valence-corrected chi connectivity index (χ2v) is 7.25. The van der Waals surface area contributed by atoms with Crippen molar-refractivity contribution in [3.05, 3.63) is 60.4 Å². The number of fused-ring (bicyclic) bond motifs is 1. The molecule has 4 aromatic rings. The van der Waals surface area contributed by atoms with Crippen LogP contribution in [0.4, 0.5) is 5.13 Å². The number of amides is 1. The Morgan fingerprint density at radius 1 is 1.17 bits per heavy atom. The van der Waals surface area contributed by atoms with Gasteiger partial charge in [0.25, 0.3) is 5.91 Å². The van der Waals surface area contributed by atoms with Gasteiger partial charge in [-0.25, -0.2) is 14.8 Å². The van der Waals surface area contributed by atoms with Gasteiger partial charge in [0.15, 0.2) is 11.7 Å². The Labute approximate surface area is 175 Å². The molecule has 4 rings (SSSR count). The number of carbonyl (C=O) groups is 2. The van der Waals surface area contributed by atoms with Gasteiger partial charge in [0.2, 0.25) is 0 Å². The number of nitrogens with one attached hydrogen (secondary N) is 2. The van der Waals surface area contributed by atoms with Gasteiger partial charge in [-0.15, -0.1) is 0 Å². The van der Waals surface area contributed by atoms with E-state index in [0.717, 1.165) is 21.5 Å². The van der Waals surface area contributed by atoms with Crippen molar-refractivity contribution in [1.29, 1.82) is 0 Å². The van der Waals surface area contributed by atoms with Gasteiger partial charge in [-0.1, -0.05) is 23.5 Å². The number of carbonyl (C=O) groups excluding carboxylic acids is 2. The van der Waals surface area contributed by atoms with Gasteiger partial charge in [-0.3, -0.25) is 10.1 Å². The van der Waals surface area contributed by atoms with Crippen molar-refractivity contribution in [1.82, 2.24) is 15.0 Å². The lowest BCUT2D eigenvalue weighted by molar-refractivity contribution is -0.119. The van der Waals surface area contributed by atoms with Crippen molar-refractivity contribution in [3.63, 3.8) is 0 Å². The predicted octanol–water partition coefficient (Wildman–Crippen LogP) is 3.88. The van der Waals surface area contributed by atoms with Gasteiger partial charge < -0.3 is 14.5 Å². The van der Waals surface area contributed by atoms with Gasteiger partial charge in [0.05, 0.1) is 22.4 Å². The van der Waals surface area contributed by atoms with Crippen molar-refractivity contribution < 1.29 is 19.1 Å². The zero-order chi connectivity index (χ0) is 20.9. The number of thiazole rings is 1. The van der Waals surface area contributed by atoms with Crippen LogP contribution in [0.3, 0.4) is 0 Å². The van der Waals surface area contributed by atoms with E-state index in [-0.39, 0.29) is 0 Å². The summed E-state index contributed by atoms with van der Waals surface area (Å²) in [4.78, 5) is 35.8. The summed E-state index contributed by atoms with van der Waals surface area (Å²) < 4.78 is 11.5. The summed E-state index contributed by atoms with van der Waals surface area (Å²) in [7, 11) is 0. The Morgan fingerprint density at radius 2 is 2.00 bits per heavy atom.